The lowest BCUT2D eigenvalue weighted by Gasteiger charge is -2.33. The van der Waals surface area contributed by atoms with Gasteiger partial charge in [-0.2, -0.15) is 4.31 Å². The molecule has 1 saturated heterocycles. The van der Waals surface area contributed by atoms with E-state index in [1.54, 1.807) is 33.2 Å². The normalized spacial score (nSPS) is 16.3. The van der Waals surface area contributed by atoms with Gasteiger partial charge in [0.05, 0.1) is 11.3 Å². The average molecular weight is 410 g/mol. The Kier molecular flexibility index (Phi) is 4.87. The third-order valence-electron chi connectivity index (χ3n) is 4.27. The van der Waals surface area contributed by atoms with Crippen LogP contribution in [-0.4, -0.2) is 50.5 Å². The number of ether oxygens (including phenoxy) is 1. The summed E-state index contributed by atoms with van der Waals surface area (Å²) in [5.41, 5.74) is 0.878. The van der Waals surface area contributed by atoms with E-state index in [0.717, 1.165) is 21.1 Å². The van der Waals surface area contributed by atoms with Crippen LogP contribution in [0.25, 0.3) is 10.2 Å². The summed E-state index contributed by atoms with van der Waals surface area (Å²) in [6, 6.07) is 9.37. The molecule has 0 radical (unpaired) electrons. The molecule has 3 heterocycles. The third-order valence-corrected chi connectivity index (χ3v) is 8.62. The highest BCUT2D eigenvalue weighted by Crippen LogP contribution is 2.35. The van der Waals surface area contributed by atoms with Crippen LogP contribution in [0.4, 0.5) is 5.13 Å². The van der Waals surface area contributed by atoms with Crippen molar-refractivity contribution < 1.29 is 13.2 Å². The lowest BCUT2D eigenvalue weighted by Crippen LogP contribution is -2.48. The number of piperazine rings is 1. The molecule has 2 aromatic heterocycles. The maximum Gasteiger partial charge on any atom is 0.252 e. The standard InChI is InChI=1S/C17H19N3O3S3/c1-2-23-13-5-3-6-14-16(13)18-17(25-14)19-8-10-20(11-9-19)26(21,22)15-7-4-12-24-15/h3-7,12H,2,8-11H2,1H3. The molecule has 0 bridgehead atoms. The van der Waals surface area contributed by atoms with Crippen LogP contribution in [0.3, 0.4) is 0 Å². The zero-order valence-corrected chi connectivity index (χ0v) is 16.7. The first kappa shape index (κ1) is 17.7. The van der Waals surface area contributed by atoms with Crippen LogP contribution in [0.1, 0.15) is 6.92 Å². The van der Waals surface area contributed by atoms with E-state index in [1.165, 1.54) is 11.3 Å². The Bertz CT molecular complexity index is 991. The topological polar surface area (TPSA) is 62.7 Å². The highest BCUT2D eigenvalue weighted by atomic mass is 32.2. The molecule has 0 amide bonds. The van der Waals surface area contributed by atoms with E-state index >= 15 is 0 Å². The number of anilines is 1. The number of sulfonamides is 1. The average Bonchev–Trinajstić information content (AvgIpc) is 3.33. The molecule has 4 rings (SSSR count). The van der Waals surface area contributed by atoms with Crippen molar-refractivity contribution in [3.63, 3.8) is 0 Å². The number of para-hydroxylation sites is 1. The van der Waals surface area contributed by atoms with Gasteiger partial charge in [0.15, 0.2) is 5.13 Å². The van der Waals surface area contributed by atoms with E-state index in [0.29, 0.717) is 37.0 Å². The summed E-state index contributed by atoms with van der Waals surface area (Å²) < 4.78 is 34.0. The first-order chi connectivity index (χ1) is 12.6. The molecule has 6 nitrogen and oxygen atoms in total. The van der Waals surface area contributed by atoms with E-state index in [1.807, 2.05) is 25.1 Å². The lowest BCUT2D eigenvalue weighted by molar-refractivity contribution is 0.343. The van der Waals surface area contributed by atoms with Gasteiger partial charge in [-0.3, -0.25) is 0 Å². The molecule has 0 N–H and O–H groups in total. The van der Waals surface area contributed by atoms with Crippen molar-refractivity contribution in [2.75, 3.05) is 37.7 Å². The van der Waals surface area contributed by atoms with Crippen LogP contribution in [0.15, 0.2) is 39.9 Å². The summed E-state index contributed by atoms with van der Waals surface area (Å²) in [7, 11) is -3.37. The van der Waals surface area contributed by atoms with Crippen molar-refractivity contribution in [1.29, 1.82) is 0 Å². The van der Waals surface area contributed by atoms with Crippen molar-refractivity contribution in [2.24, 2.45) is 0 Å². The number of thiophene rings is 1. The molecular formula is C17H19N3O3S3. The predicted octanol–water partition coefficient (Wildman–Crippen LogP) is 3.27. The van der Waals surface area contributed by atoms with Crippen LogP contribution in [0.2, 0.25) is 0 Å². The fourth-order valence-corrected chi connectivity index (χ4v) is 6.58. The van der Waals surface area contributed by atoms with Crippen molar-refractivity contribution in [3.05, 3.63) is 35.7 Å². The fraction of sp³-hybridized carbons (Fsp3) is 0.353. The minimum Gasteiger partial charge on any atom is -0.492 e. The van der Waals surface area contributed by atoms with Gasteiger partial charge in [0.1, 0.15) is 15.5 Å². The predicted molar refractivity (Wildman–Crippen MR) is 106 cm³/mol. The summed E-state index contributed by atoms with van der Waals surface area (Å²) in [4.78, 5) is 6.90. The van der Waals surface area contributed by atoms with Crippen LogP contribution in [-0.2, 0) is 10.0 Å². The number of hydrogen-bond acceptors (Lipinski definition) is 7. The Hall–Kier alpha value is -1.68. The Balaban J connectivity index is 1.52. The van der Waals surface area contributed by atoms with E-state index < -0.39 is 10.0 Å². The molecule has 138 valence electrons. The molecule has 0 atom stereocenters. The van der Waals surface area contributed by atoms with Gasteiger partial charge < -0.3 is 9.64 Å². The second kappa shape index (κ2) is 7.15. The number of hydrogen-bond donors (Lipinski definition) is 0. The fourth-order valence-electron chi connectivity index (χ4n) is 2.98. The molecule has 0 unspecified atom stereocenters. The highest BCUT2D eigenvalue weighted by Gasteiger charge is 2.30. The Morgan fingerprint density at radius 2 is 1.96 bits per heavy atom. The second-order valence-electron chi connectivity index (χ2n) is 5.86. The SMILES string of the molecule is CCOc1cccc2sc(N3CCN(S(=O)(=O)c4cccs4)CC3)nc12. The molecule has 1 fully saturated rings. The van der Waals surface area contributed by atoms with Gasteiger partial charge >= 0.3 is 0 Å². The van der Waals surface area contributed by atoms with E-state index in [9.17, 15) is 8.42 Å². The zero-order chi connectivity index (χ0) is 18.1. The quantitative estimate of drug-likeness (QED) is 0.647. The Labute approximate surface area is 160 Å². The maximum atomic E-state index is 12.6. The molecule has 0 aliphatic carbocycles. The number of fused-ring (bicyclic) bond motifs is 1. The smallest absolute Gasteiger partial charge is 0.252 e. The summed E-state index contributed by atoms with van der Waals surface area (Å²) in [5.74, 6) is 0.798. The van der Waals surface area contributed by atoms with Crippen LogP contribution < -0.4 is 9.64 Å². The monoisotopic (exact) mass is 409 g/mol. The van der Waals surface area contributed by atoms with Gasteiger partial charge in [0, 0.05) is 26.2 Å². The summed E-state index contributed by atoms with van der Waals surface area (Å²) in [5, 5.41) is 2.71. The van der Waals surface area contributed by atoms with E-state index in [-0.39, 0.29) is 0 Å². The summed E-state index contributed by atoms with van der Waals surface area (Å²) in [6.07, 6.45) is 0. The van der Waals surface area contributed by atoms with Crippen LogP contribution in [0.5, 0.6) is 5.75 Å². The molecular weight excluding hydrogens is 390 g/mol. The Morgan fingerprint density at radius 1 is 1.15 bits per heavy atom. The molecule has 1 aromatic carbocycles. The maximum absolute atomic E-state index is 12.6. The minimum absolute atomic E-state index is 0.410. The number of benzene rings is 1. The first-order valence-corrected chi connectivity index (χ1v) is 11.5. The van der Waals surface area contributed by atoms with Crippen molar-refractivity contribution in [1.82, 2.24) is 9.29 Å². The van der Waals surface area contributed by atoms with E-state index in [4.69, 9.17) is 9.72 Å². The highest BCUT2D eigenvalue weighted by molar-refractivity contribution is 7.91. The molecule has 0 saturated carbocycles. The van der Waals surface area contributed by atoms with Gasteiger partial charge in [-0.25, -0.2) is 13.4 Å². The molecule has 26 heavy (non-hydrogen) atoms. The lowest BCUT2D eigenvalue weighted by atomic mass is 10.3. The van der Waals surface area contributed by atoms with Gasteiger partial charge in [0.2, 0.25) is 0 Å². The van der Waals surface area contributed by atoms with Gasteiger partial charge in [-0.05, 0) is 30.5 Å². The van der Waals surface area contributed by atoms with Gasteiger partial charge in [-0.15, -0.1) is 11.3 Å². The molecule has 1 aliphatic rings. The molecule has 3 aromatic rings. The Morgan fingerprint density at radius 3 is 2.65 bits per heavy atom. The van der Waals surface area contributed by atoms with E-state index in [2.05, 4.69) is 4.90 Å². The number of nitrogens with zero attached hydrogens (tertiary/aromatic N) is 3. The molecule has 0 spiro atoms. The first-order valence-electron chi connectivity index (χ1n) is 8.40. The third kappa shape index (κ3) is 3.20. The molecule has 1 aliphatic heterocycles. The van der Waals surface area contributed by atoms with Crippen LogP contribution in [0, 0.1) is 0 Å². The van der Waals surface area contributed by atoms with Gasteiger partial charge in [-0.1, -0.05) is 23.5 Å². The minimum atomic E-state index is -3.37. The second-order valence-corrected chi connectivity index (χ2v) is 9.98. The van der Waals surface area contributed by atoms with Crippen molar-refractivity contribution in [3.8, 4) is 5.75 Å². The zero-order valence-electron chi connectivity index (χ0n) is 14.3. The summed E-state index contributed by atoms with van der Waals surface area (Å²) in [6.45, 7) is 4.76. The number of aromatic nitrogens is 1. The van der Waals surface area contributed by atoms with Gasteiger partial charge in [0.25, 0.3) is 10.0 Å². The number of thiazole rings is 1. The largest absolute Gasteiger partial charge is 0.492 e. The van der Waals surface area contributed by atoms with Crippen LogP contribution >= 0.6 is 22.7 Å². The van der Waals surface area contributed by atoms with Crippen molar-refractivity contribution >= 4 is 48.0 Å². The molecule has 9 heteroatoms. The summed E-state index contributed by atoms with van der Waals surface area (Å²) >= 11 is 2.88. The van der Waals surface area contributed by atoms with Crippen molar-refractivity contribution in [2.45, 2.75) is 11.1 Å². The number of rotatable bonds is 5.